The fourth-order valence-electron chi connectivity index (χ4n) is 8.43. The predicted octanol–water partition coefficient (Wildman–Crippen LogP) is 10.8. The van der Waals surface area contributed by atoms with Crippen molar-refractivity contribution in [2.45, 2.75) is 5.41 Å². The van der Waals surface area contributed by atoms with Gasteiger partial charge in [-0.15, -0.1) is 0 Å². The average Bonchev–Trinajstić information content (AvgIpc) is 3.54. The van der Waals surface area contributed by atoms with Crippen molar-refractivity contribution >= 4 is 17.1 Å². The molecule has 0 bridgehead atoms. The van der Waals surface area contributed by atoms with E-state index >= 15 is 0 Å². The predicted molar refractivity (Wildman–Crippen MR) is 211 cm³/mol. The molecule has 10 rings (SSSR count). The third-order valence-corrected chi connectivity index (χ3v) is 10.6. The van der Waals surface area contributed by atoms with Crippen molar-refractivity contribution in [1.29, 1.82) is 10.5 Å². The van der Waals surface area contributed by atoms with Crippen LogP contribution in [0.2, 0.25) is 0 Å². The summed E-state index contributed by atoms with van der Waals surface area (Å²) in [5.74, 6) is 1.18. The fourth-order valence-corrected chi connectivity index (χ4v) is 8.43. The molecule has 8 aromatic rings. The molecule has 0 N–H and O–H groups in total. The van der Waals surface area contributed by atoms with Crippen molar-refractivity contribution < 1.29 is 0 Å². The lowest BCUT2D eigenvalue weighted by Crippen LogP contribution is -2.36. The molecule has 0 saturated heterocycles. The molecule has 7 aromatic carbocycles. The highest BCUT2D eigenvalue weighted by atomic mass is 15.2. The number of nitrogens with zero attached hydrogens (tertiary/aromatic N) is 6. The Labute approximate surface area is 312 Å². The summed E-state index contributed by atoms with van der Waals surface area (Å²) >= 11 is 0. The van der Waals surface area contributed by atoms with Gasteiger partial charge in [-0.25, -0.2) is 15.0 Å². The second-order valence-electron chi connectivity index (χ2n) is 13.4. The van der Waals surface area contributed by atoms with Crippen LogP contribution >= 0.6 is 0 Å². The van der Waals surface area contributed by atoms with E-state index in [1.165, 1.54) is 22.3 Å². The Morgan fingerprint density at radius 3 is 1.28 bits per heavy atom. The number of rotatable bonds is 4. The molecule has 0 saturated carbocycles. The van der Waals surface area contributed by atoms with Crippen LogP contribution in [0.4, 0.5) is 17.1 Å². The number of fused-ring (bicyclic) bond motifs is 9. The molecule has 6 nitrogen and oxygen atoms in total. The van der Waals surface area contributed by atoms with Crippen molar-refractivity contribution in [3.63, 3.8) is 0 Å². The highest BCUT2D eigenvalue weighted by Gasteiger charge is 2.51. The molecule has 0 amide bonds. The Kier molecular flexibility index (Phi) is 7.05. The highest BCUT2D eigenvalue weighted by Crippen LogP contribution is 2.63. The summed E-state index contributed by atoms with van der Waals surface area (Å²) in [7, 11) is 0. The molecule has 2 heterocycles. The van der Waals surface area contributed by atoms with Crippen molar-refractivity contribution in [3.05, 3.63) is 203 Å². The van der Waals surface area contributed by atoms with Crippen LogP contribution in [0.1, 0.15) is 33.4 Å². The standard InChI is InChI=1S/C48H28N6/c49-29-33-27-35(28-34(30-50)44(33)47-52-45(31-15-3-1-4-16-31)51-46(53-47)32-17-5-2-6-18-32)54-42-25-13-11-23-40(42)48(41-24-12-14-26-43(41)54)38-21-9-7-19-36(38)37-20-8-10-22-39(37)48/h1-28H. The summed E-state index contributed by atoms with van der Waals surface area (Å²) in [5, 5.41) is 21.6. The first-order chi connectivity index (χ1) is 26.7. The number of hydrogen-bond donors (Lipinski definition) is 0. The van der Waals surface area contributed by atoms with Crippen molar-refractivity contribution in [2.75, 3.05) is 4.90 Å². The van der Waals surface area contributed by atoms with E-state index in [0.717, 1.165) is 33.6 Å². The highest BCUT2D eigenvalue weighted by molar-refractivity contribution is 5.96. The van der Waals surface area contributed by atoms with Gasteiger partial charge >= 0.3 is 0 Å². The number of aromatic nitrogens is 3. The Morgan fingerprint density at radius 1 is 0.426 bits per heavy atom. The molecule has 54 heavy (non-hydrogen) atoms. The minimum absolute atomic E-state index is 0.264. The van der Waals surface area contributed by atoms with E-state index in [4.69, 9.17) is 15.0 Å². The van der Waals surface area contributed by atoms with Crippen LogP contribution in [0.25, 0.3) is 45.3 Å². The molecule has 1 aliphatic carbocycles. The topological polar surface area (TPSA) is 89.5 Å². The zero-order chi connectivity index (χ0) is 36.2. The largest absolute Gasteiger partial charge is 0.310 e. The zero-order valence-corrected chi connectivity index (χ0v) is 28.8. The lowest BCUT2D eigenvalue weighted by Gasteiger charge is -2.45. The van der Waals surface area contributed by atoms with E-state index in [1.807, 2.05) is 84.9 Å². The van der Waals surface area contributed by atoms with Crippen molar-refractivity contribution in [3.8, 4) is 57.4 Å². The lowest BCUT2D eigenvalue weighted by molar-refractivity contribution is 0.752. The number of hydrogen-bond acceptors (Lipinski definition) is 6. The van der Waals surface area contributed by atoms with Crippen molar-refractivity contribution in [1.82, 2.24) is 15.0 Å². The van der Waals surface area contributed by atoms with Gasteiger partial charge in [-0.05, 0) is 57.6 Å². The fraction of sp³-hybridized carbons (Fsp3) is 0.0208. The van der Waals surface area contributed by atoms with E-state index in [2.05, 4.69) is 102 Å². The first-order valence-electron chi connectivity index (χ1n) is 17.7. The molecular formula is C48H28N6. The number of nitriles is 2. The summed E-state index contributed by atoms with van der Waals surface area (Å²) in [6, 6.07) is 62.2. The molecular weight excluding hydrogens is 661 g/mol. The van der Waals surface area contributed by atoms with Gasteiger partial charge in [0, 0.05) is 16.8 Å². The second-order valence-corrected chi connectivity index (χ2v) is 13.4. The van der Waals surface area contributed by atoms with E-state index in [9.17, 15) is 10.5 Å². The Balaban J connectivity index is 1.21. The molecule has 1 spiro atoms. The summed E-state index contributed by atoms with van der Waals surface area (Å²) in [5.41, 5.74) is 11.8. The second kappa shape index (κ2) is 12.2. The van der Waals surface area contributed by atoms with Crippen LogP contribution in [-0.2, 0) is 5.41 Å². The average molecular weight is 689 g/mol. The maximum atomic E-state index is 10.8. The SMILES string of the molecule is N#Cc1cc(N2c3ccccc3C3(c4ccccc4-c4ccccc43)c3ccccc32)cc(C#N)c1-c1nc(-c2ccccc2)nc(-c2ccccc2)n1. The van der Waals surface area contributed by atoms with Gasteiger partial charge in [0.15, 0.2) is 17.5 Å². The summed E-state index contributed by atoms with van der Waals surface area (Å²) < 4.78 is 0. The van der Waals surface area contributed by atoms with Crippen LogP contribution in [0.15, 0.2) is 170 Å². The quantitative estimate of drug-likeness (QED) is 0.183. The third kappa shape index (κ3) is 4.48. The summed E-state index contributed by atoms with van der Waals surface area (Å²) in [4.78, 5) is 16.8. The first kappa shape index (κ1) is 31.1. The van der Waals surface area contributed by atoms with Gasteiger partial charge in [0.2, 0.25) is 0 Å². The third-order valence-electron chi connectivity index (χ3n) is 10.6. The normalized spacial score (nSPS) is 12.9. The molecule has 0 unspecified atom stereocenters. The van der Waals surface area contributed by atoms with Gasteiger partial charge in [-0.3, -0.25) is 0 Å². The van der Waals surface area contributed by atoms with Crippen LogP contribution < -0.4 is 4.90 Å². The zero-order valence-electron chi connectivity index (χ0n) is 28.8. The molecule has 250 valence electrons. The number of benzene rings is 7. The van der Waals surface area contributed by atoms with E-state index < -0.39 is 5.41 Å². The maximum Gasteiger partial charge on any atom is 0.166 e. The minimum atomic E-state index is -0.570. The summed E-state index contributed by atoms with van der Waals surface area (Å²) in [6.45, 7) is 0. The lowest BCUT2D eigenvalue weighted by atomic mass is 9.64. The van der Waals surface area contributed by atoms with Gasteiger partial charge in [0.25, 0.3) is 0 Å². The van der Waals surface area contributed by atoms with Crippen LogP contribution in [0.5, 0.6) is 0 Å². The molecule has 6 heteroatoms. The van der Waals surface area contributed by atoms with Gasteiger partial charge in [0.05, 0.1) is 33.5 Å². The maximum absolute atomic E-state index is 10.8. The summed E-state index contributed by atoms with van der Waals surface area (Å²) in [6.07, 6.45) is 0. The minimum Gasteiger partial charge on any atom is -0.310 e. The van der Waals surface area contributed by atoms with Gasteiger partial charge in [0.1, 0.15) is 12.1 Å². The number of para-hydroxylation sites is 2. The smallest absolute Gasteiger partial charge is 0.166 e. The van der Waals surface area contributed by atoms with E-state index in [1.54, 1.807) is 0 Å². The molecule has 0 fully saturated rings. The van der Waals surface area contributed by atoms with Crippen molar-refractivity contribution in [2.24, 2.45) is 0 Å². The Bertz CT molecular complexity index is 2680. The molecule has 0 atom stereocenters. The Hall–Kier alpha value is -7.67. The number of anilines is 3. The molecule has 2 aliphatic rings. The van der Waals surface area contributed by atoms with Crippen LogP contribution in [0, 0.1) is 22.7 Å². The first-order valence-corrected chi connectivity index (χ1v) is 17.7. The molecule has 0 radical (unpaired) electrons. The molecule has 1 aromatic heterocycles. The Morgan fingerprint density at radius 2 is 0.815 bits per heavy atom. The van der Waals surface area contributed by atoms with Crippen LogP contribution in [0.3, 0.4) is 0 Å². The van der Waals surface area contributed by atoms with Gasteiger partial charge in [-0.2, -0.15) is 10.5 Å². The molecule has 1 aliphatic heterocycles. The monoisotopic (exact) mass is 688 g/mol. The van der Waals surface area contributed by atoms with Gasteiger partial charge in [-0.1, -0.05) is 146 Å². The van der Waals surface area contributed by atoms with Crippen LogP contribution in [-0.4, -0.2) is 15.0 Å². The van der Waals surface area contributed by atoms with E-state index in [-0.39, 0.29) is 5.82 Å². The van der Waals surface area contributed by atoms with Gasteiger partial charge < -0.3 is 4.90 Å². The van der Waals surface area contributed by atoms with E-state index in [0.29, 0.717) is 34.0 Å².